The van der Waals surface area contributed by atoms with Crippen molar-refractivity contribution in [1.82, 2.24) is 4.90 Å². The highest BCUT2D eigenvalue weighted by Gasteiger charge is 2.29. The van der Waals surface area contributed by atoms with Crippen LogP contribution in [0, 0.1) is 23.7 Å². The number of nitrogens with zero attached hydrogens (tertiary/aromatic N) is 2. The zero-order valence-corrected chi connectivity index (χ0v) is 18.8. The Labute approximate surface area is 170 Å². The fraction of sp³-hybridized carbons (Fsp3) is 0.542. The van der Waals surface area contributed by atoms with Gasteiger partial charge >= 0.3 is 0 Å². The fourth-order valence-corrected chi connectivity index (χ4v) is 3.99. The molecule has 1 saturated heterocycles. The third-order valence-corrected chi connectivity index (χ3v) is 5.85. The van der Waals surface area contributed by atoms with Crippen LogP contribution in [0.2, 0.25) is 0 Å². The molecular weight excluding hydrogens is 348 g/mol. The molecule has 0 atom stereocenters. The van der Waals surface area contributed by atoms with Crippen molar-refractivity contribution in [3.8, 4) is 17.2 Å². The first-order valence-electron chi connectivity index (χ1n) is 10.3. The molecule has 1 fully saturated rings. The summed E-state index contributed by atoms with van der Waals surface area (Å²) in [6.45, 7) is 15.6. The molecule has 1 aliphatic rings. The number of rotatable bonds is 4. The summed E-state index contributed by atoms with van der Waals surface area (Å²) in [5, 5.41) is 11.2. The van der Waals surface area contributed by atoms with Crippen molar-refractivity contribution in [2.45, 2.75) is 67.3 Å². The maximum atomic E-state index is 8.94. The standard InChI is InChI=1S/C20H24N2S.2C2H6/c1-16-13-19(15-23-16)18-5-3-17(4-6-18)14-22-11-8-20(2,7-10-21)9-12-22;2*1-2/h3-6,13,15H,7-9,11-12,14H2,1-2H3;2*1-2H3. The van der Waals surface area contributed by atoms with E-state index in [4.69, 9.17) is 5.26 Å². The lowest BCUT2D eigenvalue weighted by Gasteiger charge is -2.38. The number of nitriles is 1. The minimum absolute atomic E-state index is 0.228. The predicted octanol–water partition coefficient (Wildman–Crippen LogP) is 7.29. The smallest absolute Gasteiger partial charge is 0.0627 e. The lowest BCUT2D eigenvalue weighted by Crippen LogP contribution is -2.38. The molecule has 148 valence electrons. The highest BCUT2D eigenvalue weighted by atomic mass is 32.1. The van der Waals surface area contributed by atoms with Crippen LogP contribution < -0.4 is 0 Å². The Hall–Kier alpha value is -1.63. The summed E-state index contributed by atoms with van der Waals surface area (Å²) in [6, 6.07) is 13.6. The van der Waals surface area contributed by atoms with Gasteiger partial charge in [-0.1, -0.05) is 58.9 Å². The van der Waals surface area contributed by atoms with Gasteiger partial charge in [0.05, 0.1) is 6.07 Å². The van der Waals surface area contributed by atoms with Crippen molar-refractivity contribution in [2.75, 3.05) is 13.1 Å². The molecule has 2 aromatic rings. The average Bonchev–Trinajstić information content (AvgIpc) is 3.14. The first-order chi connectivity index (χ1) is 13.1. The Morgan fingerprint density at radius 3 is 2.11 bits per heavy atom. The van der Waals surface area contributed by atoms with Gasteiger partial charge in [0, 0.05) is 17.8 Å². The summed E-state index contributed by atoms with van der Waals surface area (Å²) in [7, 11) is 0. The monoisotopic (exact) mass is 384 g/mol. The fourth-order valence-electron chi connectivity index (χ4n) is 3.27. The number of hydrogen-bond acceptors (Lipinski definition) is 3. The van der Waals surface area contributed by atoms with Crippen molar-refractivity contribution in [2.24, 2.45) is 5.41 Å². The van der Waals surface area contributed by atoms with E-state index >= 15 is 0 Å². The van der Waals surface area contributed by atoms with E-state index in [-0.39, 0.29) is 5.41 Å². The molecular formula is C24H36N2S. The van der Waals surface area contributed by atoms with Gasteiger partial charge in [-0.25, -0.2) is 0 Å². The highest BCUT2D eigenvalue weighted by molar-refractivity contribution is 7.10. The van der Waals surface area contributed by atoms with Crippen molar-refractivity contribution < 1.29 is 0 Å². The molecule has 0 unspecified atom stereocenters. The van der Waals surface area contributed by atoms with Crippen LogP contribution in [-0.2, 0) is 6.54 Å². The van der Waals surface area contributed by atoms with Crippen LogP contribution in [0.3, 0.4) is 0 Å². The molecule has 0 spiro atoms. The normalized spacial score (nSPS) is 15.6. The topological polar surface area (TPSA) is 27.0 Å². The molecule has 0 radical (unpaired) electrons. The largest absolute Gasteiger partial charge is 0.299 e. The molecule has 1 aromatic heterocycles. The Balaban J connectivity index is 0.000000855. The van der Waals surface area contributed by atoms with E-state index in [2.05, 4.69) is 60.5 Å². The molecule has 1 aromatic carbocycles. The molecule has 2 heterocycles. The quantitative estimate of drug-likeness (QED) is 0.553. The highest BCUT2D eigenvalue weighted by Crippen LogP contribution is 2.34. The van der Waals surface area contributed by atoms with Crippen molar-refractivity contribution in [3.63, 3.8) is 0 Å². The van der Waals surface area contributed by atoms with Gasteiger partial charge in [-0.05, 0) is 66.4 Å². The van der Waals surface area contributed by atoms with E-state index in [1.54, 1.807) is 11.3 Å². The van der Waals surface area contributed by atoms with E-state index in [0.717, 1.165) is 32.5 Å². The molecule has 2 nitrogen and oxygen atoms in total. The SMILES string of the molecule is CC.CC.Cc1cc(-c2ccc(CN3CCC(C)(CC#N)CC3)cc2)cs1. The van der Waals surface area contributed by atoms with Crippen LogP contribution in [0.25, 0.3) is 11.1 Å². The van der Waals surface area contributed by atoms with Gasteiger partial charge in [0.15, 0.2) is 0 Å². The lowest BCUT2D eigenvalue weighted by molar-refractivity contribution is 0.116. The second-order valence-electron chi connectivity index (χ2n) is 7.06. The predicted molar refractivity (Wildman–Crippen MR) is 120 cm³/mol. The summed E-state index contributed by atoms with van der Waals surface area (Å²) >= 11 is 1.80. The first kappa shape index (κ1) is 23.4. The van der Waals surface area contributed by atoms with Gasteiger partial charge in [-0.2, -0.15) is 5.26 Å². The second kappa shape index (κ2) is 12.0. The van der Waals surface area contributed by atoms with Crippen LogP contribution >= 0.6 is 11.3 Å². The number of piperidine rings is 1. The zero-order chi connectivity index (χ0) is 20.3. The molecule has 0 amide bonds. The van der Waals surface area contributed by atoms with E-state index in [1.807, 2.05) is 27.7 Å². The lowest BCUT2D eigenvalue weighted by atomic mass is 9.78. The Bertz CT molecular complexity index is 686. The molecule has 27 heavy (non-hydrogen) atoms. The summed E-state index contributed by atoms with van der Waals surface area (Å²) < 4.78 is 0. The van der Waals surface area contributed by atoms with Crippen LogP contribution in [0.5, 0.6) is 0 Å². The van der Waals surface area contributed by atoms with E-state index in [0.29, 0.717) is 6.42 Å². The number of benzene rings is 1. The van der Waals surface area contributed by atoms with Gasteiger partial charge in [0.25, 0.3) is 0 Å². The third kappa shape index (κ3) is 7.13. The Morgan fingerprint density at radius 2 is 1.63 bits per heavy atom. The van der Waals surface area contributed by atoms with Gasteiger partial charge < -0.3 is 0 Å². The van der Waals surface area contributed by atoms with Crippen LogP contribution in [0.4, 0.5) is 0 Å². The van der Waals surface area contributed by atoms with E-state index in [1.165, 1.54) is 21.6 Å². The van der Waals surface area contributed by atoms with Gasteiger partial charge in [0.2, 0.25) is 0 Å². The maximum absolute atomic E-state index is 8.94. The Morgan fingerprint density at radius 1 is 1.04 bits per heavy atom. The van der Waals surface area contributed by atoms with Crippen molar-refractivity contribution >= 4 is 11.3 Å². The molecule has 3 heteroatoms. The molecule has 0 bridgehead atoms. The van der Waals surface area contributed by atoms with E-state index < -0.39 is 0 Å². The summed E-state index contributed by atoms with van der Waals surface area (Å²) in [5.74, 6) is 0. The maximum Gasteiger partial charge on any atom is 0.0627 e. The van der Waals surface area contributed by atoms with Crippen LogP contribution in [-0.4, -0.2) is 18.0 Å². The minimum atomic E-state index is 0.228. The first-order valence-corrected chi connectivity index (χ1v) is 11.2. The van der Waals surface area contributed by atoms with E-state index in [9.17, 15) is 0 Å². The van der Waals surface area contributed by atoms with Crippen molar-refractivity contribution in [1.29, 1.82) is 5.26 Å². The molecule has 1 aliphatic heterocycles. The summed E-state index contributed by atoms with van der Waals surface area (Å²) in [5.41, 5.74) is 4.23. The molecule has 0 saturated carbocycles. The third-order valence-electron chi connectivity index (χ3n) is 4.99. The number of hydrogen-bond donors (Lipinski definition) is 0. The van der Waals surface area contributed by atoms with Crippen molar-refractivity contribution in [3.05, 3.63) is 46.2 Å². The van der Waals surface area contributed by atoms with Gasteiger partial charge in [0.1, 0.15) is 0 Å². The zero-order valence-electron chi connectivity index (χ0n) is 18.0. The van der Waals surface area contributed by atoms with Gasteiger partial charge in [-0.15, -0.1) is 11.3 Å². The second-order valence-corrected chi connectivity index (χ2v) is 8.18. The molecule has 0 aliphatic carbocycles. The average molecular weight is 385 g/mol. The minimum Gasteiger partial charge on any atom is -0.299 e. The number of thiophene rings is 1. The summed E-state index contributed by atoms with van der Waals surface area (Å²) in [6.07, 6.45) is 2.95. The van der Waals surface area contributed by atoms with Crippen LogP contribution in [0.15, 0.2) is 35.7 Å². The molecule has 0 N–H and O–H groups in total. The van der Waals surface area contributed by atoms with Gasteiger partial charge in [-0.3, -0.25) is 4.90 Å². The Kier molecular flexibility index (Phi) is 10.4. The van der Waals surface area contributed by atoms with Crippen LogP contribution in [0.1, 0.15) is 64.3 Å². The molecule has 3 rings (SSSR count). The summed E-state index contributed by atoms with van der Waals surface area (Å²) in [4.78, 5) is 3.88. The number of likely N-dealkylation sites (tertiary alicyclic amines) is 1. The number of aryl methyl sites for hydroxylation is 1.